The van der Waals surface area contributed by atoms with Gasteiger partial charge in [0.15, 0.2) is 6.61 Å². The predicted octanol–water partition coefficient (Wildman–Crippen LogP) is 4.73. The maximum atomic E-state index is 13.4. The van der Waals surface area contributed by atoms with Crippen molar-refractivity contribution in [3.63, 3.8) is 0 Å². The number of esters is 1. The molecule has 0 radical (unpaired) electrons. The van der Waals surface area contributed by atoms with E-state index in [1.165, 1.54) is 12.1 Å². The highest BCUT2D eigenvalue weighted by Gasteiger charge is 2.25. The average Bonchev–Trinajstić information content (AvgIpc) is 3.71. The lowest BCUT2D eigenvalue weighted by atomic mass is 10.0. The number of hydrogen-bond donors (Lipinski definition) is 2. The molecule has 0 saturated heterocycles. The van der Waals surface area contributed by atoms with E-state index in [0.29, 0.717) is 33.4 Å². The van der Waals surface area contributed by atoms with Gasteiger partial charge in [-0.3, -0.25) is 9.59 Å². The van der Waals surface area contributed by atoms with Crippen molar-refractivity contribution in [2.24, 2.45) is 0 Å². The minimum absolute atomic E-state index is 0.178. The van der Waals surface area contributed by atoms with Crippen molar-refractivity contribution in [3.8, 4) is 11.3 Å². The SMILES string of the molecule is O=C(COC(=O)c1cc(-c2ccc(F)cc2)nc2ccccc12)Nc1ccccc1C(=O)NC1CC1. The lowest BCUT2D eigenvalue weighted by Gasteiger charge is -2.12. The Morgan fingerprint density at radius 3 is 2.42 bits per heavy atom. The Balaban J connectivity index is 1.32. The smallest absolute Gasteiger partial charge is 0.339 e. The standard InChI is InChI=1S/C28H22FN3O4/c29-18-11-9-17(10-12-18)25-15-22(20-5-1-3-7-23(20)31-25)28(35)36-16-26(33)32-24-8-4-2-6-21(24)27(34)30-19-13-14-19/h1-12,15,19H,13-14,16H2,(H,30,34)(H,32,33). The van der Waals surface area contributed by atoms with Crippen LogP contribution in [0.5, 0.6) is 0 Å². The summed E-state index contributed by atoms with van der Waals surface area (Å²) in [6, 6.07) is 21.2. The van der Waals surface area contributed by atoms with Gasteiger partial charge < -0.3 is 15.4 Å². The van der Waals surface area contributed by atoms with E-state index >= 15 is 0 Å². The van der Waals surface area contributed by atoms with Crippen LogP contribution < -0.4 is 10.6 Å². The Morgan fingerprint density at radius 1 is 0.917 bits per heavy atom. The number of carbonyl (C=O) groups is 3. The van der Waals surface area contributed by atoms with Gasteiger partial charge >= 0.3 is 5.97 Å². The molecule has 2 N–H and O–H groups in total. The maximum absolute atomic E-state index is 13.4. The number of pyridine rings is 1. The van der Waals surface area contributed by atoms with Crippen LogP contribution in [-0.4, -0.2) is 35.4 Å². The van der Waals surface area contributed by atoms with E-state index in [9.17, 15) is 18.8 Å². The first-order valence-corrected chi connectivity index (χ1v) is 11.5. The average molecular weight is 483 g/mol. The van der Waals surface area contributed by atoms with Crippen molar-refractivity contribution >= 4 is 34.4 Å². The number of aromatic nitrogens is 1. The number of halogens is 1. The first-order valence-electron chi connectivity index (χ1n) is 11.5. The summed E-state index contributed by atoms with van der Waals surface area (Å²) in [5, 5.41) is 6.10. The van der Waals surface area contributed by atoms with E-state index in [-0.39, 0.29) is 23.3 Å². The fraction of sp³-hybridized carbons (Fsp3) is 0.143. The van der Waals surface area contributed by atoms with Crippen LogP contribution in [0.25, 0.3) is 22.2 Å². The second kappa shape index (κ2) is 9.95. The molecule has 0 atom stereocenters. The molecule has 1 aromatic heterocycles. The molecule has 180 valence electrons. The molecule has 0 bridgehead atoms. The van der Waals surface area contributed by atoms with Crippen LogP contribution in [0.4, 0.5) is 10.1 Å². The summed E-state index contributed by atoms with van der Waals surface area (Å²) in [5.74, 6) is -1.92. The third kappa shape index (κ3) is 5.22. The zero-order valence-electron chi connectivity index (χ0n) is 19.2. The number of fused-ring (bicyclic) bond motifs is 1. The Bertz CT molecular complexity index is 1470. The van der Waals surface area contributed by atoms with Crippen molar-refractivity contribution in [1.82, 2.24) is 10.3 Å². The highest BCUT2D eigenvalue weighted by Crippen LogP contribution is 2.26. The zero-order valence-corrected chi connectivity index (χ0v) is 19.2. The molecule has 7 nitrogen and oxygen atoms in total. The Hall–Kier alpha value is -4.59. The molecule has 1 aliphatic carbocycles. The molecular formula is C28H22FN3O4. The molecule has 3 aromatic carbocycles. The van der Waals surface area contributed by atoms with Crippen LogP contribution in [0.3, 0.4) is 0 Å². The topological polar surface area (TPSA) is 97.4 Å². The van der Waals surface area contributed by atoms with Crippen molar-refractivity contribution in [1.29, 1.82) is 0 Å². The van der Waals surface area contributed by atoms with E-state index in [4.69, 9.17) is 4.74 Å². The van der Waals surface area contributed by atoms with E-state index in [2.05, 4.69) is 15.6 Å². The summed E-state index contributed by atoms with van der Waals surface area (Å²) in [5.41, 5.74) is 2.58. The van der Waals surface area contributed by atoms with Gasteiger partial charge in [0.05, 0.1) is 28.0 Å². The van der Waals surface area contributed by atoms with Crippen LogP contribution in [0.15, 0.2) is 78.9 Å². The van der Waals surface area contributed by atoms with Crippen LogP contribution in [-0.2, 0) is 9.53 Å². The Kier molecular flexibility index (Phi) is 6.40. The minimum Gasteiger partial charge on any atom is -0.452 e. The molecule has 5 rings (SSSR count). The number of para-hydroxylation sites is 2. The number of benzene rings is 3. The van der Waals surface area contributed by atoms with E-state index in [1.54, 1.807) is 66.7 Å². The molecular weight excluding hydrogens is 461 g/mol. The van der Waals surface area contributed by atoms with Crippen LogP contribution in [0, 0.1) is 5.82 Å². The second-order valence-electron chi connectivity index (χ2n) is 8.50. The number of ether oxygens (including phenoxy) is 1. The third-order valence-electron chi connectivity index (χ3n) is 5.77. The first kappa shape index (κ1) is 23.2. The van der Waals surface area contributed by atoms with Crippen molar-refractivity contribution < 1.29 is 23.5 Å². The molecule has 8 heteroatoms. The number of rotatable bonds is 7. The molecule has 1 saturated carbocycles. The highest BCUT2D eigenvalue weighted by molar-refractivity contribution is 6.07. The molecule has 2 amide bonds. The van der Waals surface area contributed by atoms with Gasteiger partial charge in [-0.2, -0.15) is 0 Å². The van der Waals surface area contributed by atoms with E-state index < -0.39 is 18.5 Å². The molecule has 1 heterocycles. The number of anilines is 1. The monoisotopic (exact) mass is 483 g/mol. The minimum atomic E-state index is -0.702. The summed E-state index contributed by atoms with van der Waals surface area (Å²) in [7, 11) is 0. The molecule has 0 aliphatic heterocycles. The number of hydrogen-bond acceptors (Lipinski definition) is 5. The molecule has 4 aromatic rings. The van der Waals surface area contributed by atoms with Gasteiger partial charge in [-0.15, -0.1) is 0 Å². The third-order valence-corrected chi connectivity index (χ3v) is 5.77. The van der Waals surface area contributed by atoms with Crippen molar-refractivity contribution in [3.05, 3.63) is 95.8 Å². The van der Waals surface area contributed by atoms with E-state index in [0.717, 1.165) is 12.8 Å². The number of nitrogens with one attached hydrogen (secondary N) is 2. The zero-order chi connectivity index (χ0) is 25.1. The Morgan fingerprint density at radius 2 is 1.64 bits per heavy atom. The molecule has 1 aliphatic rings. The lowest BCUT2D eigenvalue weighted by molar-refractivity contribution is -0.119. The summed E-state index contributed by atoms with van der Waals surface area (Å²) in [4.78, 5) is 42.6. The van der Waals surface area contributed by atoms with Crippen LogP contribution >= 0.6 is 0 Å². The Labute approximate surface area is 206 Å². The first-order chi connectivity index (χ1) is 17.5. The van der Waals surface area contributed by atoms with Crippen LogP contribution in [0.2, 0.25) is 0 Å². The predicted molar refractivity (Wildman–Crippen MR) is 133 cm³/mol. The van der Waals surface area contributed by atoms with Crippen LogP contribution in [0.1, 0.15) is 33.6 Å². The second-order valence-corrected chi connectivity index (χ2v) is 8.50. The summed E-state index contributed by atoms with van der Waals surface area (Å²) >= 11 is 0. The van der Waals surface area contributed by atoms with Gasteiger partial charge in [0.1, 0.15) is 5.82 Å². The highest BCUT2D eigenvalue weighted by atomic mass is 19.1. The largest absolute Gasteiger partial charge is 0.452 e. The van der Waals surface area contributed by atoms with Crippen molar-refractivity contribution in [2.45, 2.75) is 18.9 Å². The summed E-state index contributed by atoms with van der Waals surface area (Å²) in [6.07, 6.45) is 1.89. The summed E-state index contributed by atoms with van der Waals surface area (Å²) in [6.45, 7) is -0.542. The fourth-order valence-corrected chi connectivity index (χ4v) is 3.79. The van der Waals surface area contributed by atoms with Gasteiger partial charge in [-0.1, -0.05) is 30.3 Å². The molecule has 0 unspecified atom stereocenters. The van der Waals surface area contributed by atoms with Gasteiger partial charge in [0.2, 0.25) is 0 Å². The van der Waals surface area contributed by atoms with Gasteiger partial charge in [0.25, 0.3) is 11.8 Å². The maximum Gasteiger partial charge on any atom is 0.339 e. The van der Waals surface area contributed by atoms with Gasteiger partial charge in [0, 0.05) is 17.0 Å². The molecule has 36 heavy (non-hydrogen) atoms. The molecule has 0 spiro atoms. The van der Waals surface area contributed by atoms with Gasteiger partial charge in [-0.05, 0) is 61.4 Å². The quantitative estimate of drug-likeness (QED) is 0.371. The van der Waals surface area contributed by atoms with Gasteiger partial charge in [-0.25, -0.2) is 14.2 Å². The lowest BCUT2D eigenvalue weighted by Crippen LogP contribution is -2.28. The number of amides is 2. The number of nitrogens with zero attached hydrogens (tertiary/aromatic N) is 1. The van der Waals surface area contributed by atoms with Crippen molar-refractivity contribution in [2.75, 3.05) is 11.9 Å². The normalized spacial score (nSPS) is 12.7. The van der Waals surface area contributed by atoms with E-state index in [1.807, 2.05) is 0 Å². The molecule has 1 fully saturated rings. The fourth-order valence-electron chi connectivity index (χ4n) is 3.79. The number of carbonyl (C=O) groups excluding carboxylic acids is 3. The summed E-state index contributed by atoms with van der Waals surface area (Å²) < 4.78 is 18.7.